The summed E-state index contributed by atoms with van der Waals surface area (Å²) in [6.45, 7) is 3.36. The molecule has 0 aromatic heterocycles. The second kappa shape index (κ2) is 7.11. The topological polar surface area (TPSA) is 81.1 Å². The number of fused-ring (bicyclic) bond motifs is 1. The Bertz CT molecular complexity index is 388. The molecule has 2 N–H and O–H groups in total. The minimum absolute atomic E-state index is 0.0894. The van der Waals surface area contributed by atoms with E-state index in [1.54, 1.807) is 4.90 Å². The molecule has 2 fully saturated rings. The SMILES string of the molecule is CCCCN(CCO)C(=O)N1CC2CCCC2C1C(=O)O. The monoisotopic (exact) mass is 298 g/mol. The van der Waals surface area contributed by atoms with Crippen molar-refractivity contribution < 1.29 is 19.8 Å². The first kappa shape index (κ1) is 16.1. The van der Waals surface area contributed by atoms with E-state index in [1.165, 1.54) is 4.90 Å². The number of carbonyl (C=O) groups excluding carboxylic acids is 1. The Morgan fingerprint density at radius 3 is 2.67 bits per heavy atom. The maximum atomic E-state index is 12.7. The normalized spacial score (nSPS) is 27.7. The van der Waals surface area contributed by atoms with Gasteiger partial charge < -0.3 is 20.0 Å². The standard InChI is InChI=1S/C15H26N2O4/c1-2-3-7-16(8-9-18)15(21)17-10-11-5-4-6-12(11)13(17)14(19)20/h11-13,18H,2-10H2,1H3,(H,19,20). The molecule has 2 aliphatic rings. The molecule has 0 aromatic rings. The van der Waals surface area contributed by atoms with Crippen LogP contribution in [0.5, 0.6) is 0 Å². The van der Waals surface area contributed by atoms with Gasteiger partial charge in [0.2, 0.25) is 0 Å². The average molecular weight is 298 g/mol. The summed E-state index contributed by atoms with van der Waals surface area (Å²) in [5.41, 5.74) is 0. The minimum Gasteiger partial charge on any atom is -0.480 e. The van der Waals surface area contributed by atoms with Crippen molar-refractivity contribution in [3.63, 3.8) is 0 Å². The van der Waals surface area contributed by atoms with E-state index in [-0.39, 0.29) is 25.1 Å². The number of aliphatic hydroxyl groups is 1. The lowest BCUT2D eigenvalue weighted by Crippen LogP contribution is -2.50. The molecule has 0 radical (unpaired) electrons. The van der Waals surface area contributed by atoms with Crippen LogP contribution in [0.15, 0.2) is 0 Å². The number of aliphatic hydroxyl groups excluding tert-OH is 1. The number of aliphatic carboxylic acids is 1. The summed E-state index contributed by atoms with van der Waals surface area (Å²) in [4.78, 5) is 27.4. The van der Waals surface area contributed by atoms with Crippen molar-refractivity contribution >= 4 is 12.0 Å². The minimum atomic E-state index is -0.891. The van der Waals surface area contributed by atoms with Gasteiger partial charge in [0.05, 0.1) is 6.61 Å². The Morgan fingerprint density at radius 2 is 2.05 bits per heavy atom. The van der Waals surface area contributed by atoms with Crippen LogP contribution in [-0.4, -0.2) is 64.3 Å². The van der Waals surface area contributed by atoms with E-state index in [1.807, 2.05) is 6.92 Å². The molecule has 6 nitrogen and oxygen atoms in total. The highest BCUT2D eigenvalue weighted by Gasteiger charge is 2.50. The average Bonchev–Trinajstić information content (AvgIpc) is 3.02. The van der Waals surface area contributed by atoms with Gasteiger partial charge in [-0.15, -0.1) is 0 Å². The summed E-state index contributed by atoms with van der Waals surface area (Å²) in [6.07, 6.45) is 4.82. The number of hydrogen-bond donors (Lipinski definition) is 2. The van der Waals surface area contributed by atoms with Crippen LogP contribution in [0.1, 0.15) is 39.0 Å². The molecule has 3 unspecified atom stereocenters. The van der Waals surface area contributed by atoms with Crippen LogP contribution in [0.2, 0.25) is 0 Å². The second-order valence-electron chi connectivity index (χ2n) is 6.14. The van der Waals surface area contributed by atoms with E-state index < -0.39 is 12.0 Å². The van der Waals surface area contributed by atoms with Gasteiger partial charge in [0.1, 0.15) is 6.04 Å². The van der Waals surface area contributed by atoms with Gasteiger partial charge in [0.15, 0.2) is 0 Å². The largest absolute Gasteiger partial charge is 0.480 e. The summed E-state index contributed by atoms with van der Waals surface area (Å²) in [7, 11) is 0. The zero-order valence-electron chi connectivity index (χ0n) is 12.7. The smallest absolute Gasteiger partial charge is 0.326 e. The van der Waals surface area contributed by atoms with Gasteiger partial charge in [-0.05, 0) is 31.1 Å². The third kappa shape index (κ3) is 3.31. The first-order valence-corrected chi connectivity index (χ1v) is 7.99. The molecule has 2 rings (SSSR count). The maximum absolute atomic E-state index is 12.7. The lowest BCUT2D eigenvalue weighted by Gasteiger charge is -2.31. The summed E-state index contributed by atoms with van der Waals surface area (Å²) >= 11 is 0. The highest BCUT2D eigenvalue weighted by molar-refractivity contribution is 5.84. The van der Waals surface area contributed by atoms with Crippen LogP contribution >= 0.6 is 0 Å². The number of carboxylic acids is 1. The van der Waals surface area contributed by atoms with Gasteiger partial charge in [-0.1, -0.05) is 19.8 Å². The Hall–Kier alpha value is -1.30. The molecule has 6 heteroatoms. The van der Waals surface area contributed by atoms with Crippen molar-refractivity contribution in [3.05, 3.63) is 0 Å². The third-order valence-electron chi connectivity index (χ3n) is 4.81. The molecule has 21 heavy (non-hydrogen) atoms. The van der Waals surface area contributed by atoms with Gasteiger partial charge in [-0.25, -0.2) is 9.59 Å². The number of hydrogen-bond acceptors (Lipinski definition) is 3. The molecule has 1 saturated carbocycles. The van der Waals surface area contributed by atoms with Gasteiger partial charge in [-0.3, -0.25) is 0 Å². The number of unbranched alkanes of at least 4 members (excludes halogenated alkanes) is 1. The van der Waals surface area contributed by atoms with E-state index in [2.05, 4.69) is 0 Å². The highest BCUT2D eigenvalue weighted by atomic mass is 16.4. The zero-order valence-corrected chi connectivity index (χ0v) is 12.7. The number of likely N-dealkylation sites (tertiary alicyclic amines) is 1. The molecule has 3 atom stereocenters. The van der Waals surface area contributed by atoms with Crippen molar-refractivity contribution in [2.45, 2.75) is 45.1 Å². The summed E-state index contributed by atoms with van der Waals surface area (Å²) in [5, 5.41) is 18.6. The third-order valence-corrected chi connectivity index (χ3v) is 4.81. The number of carbonyl (C=O) groups is 2. The molecule has 1 heterocycles. The van der Waals surface area contributed by atoms with Crippen LogP contribution in [0.3, 0.4) is 0 Å². The summed E-state index contributed by atoms with van der Waals surface area (Å²) < 4.78 is 0. The molecule has 0 spiro atoms. The van der Waals surface area contributed by atoms with Crippen LogP contribution in [0.4, 0.5) is 4.79 Å². The first-order chi connectivity index (χ1) is 10.1. The summed E-state index contributed by atoms with van der Waals surface area (Å²) in [6, 6.07) is -0.910. The lowest BCUT2D eigenvalue weighted by molar-refractivity contribution is -0.142. The summed E-state index contributed by atoms with van der Waals surface area (Å²) in [5.74, 6) is -0.456. The quantitative estimate of drug-likeness (QED) is 0.776. The Kier molecular flexibility index (Phi) is 5.45. The van der Waals surface area contributed by atoms with Crippen molar-refractivity contribution in [2.24, 2.45) is 11.8 Å². The predicted octanol–water partition coefficient (Wildman–Crippen LogP) is 1.39. The number of urea groups is 1. The maximum Gasteiger partial charge on any atom is 0.326 e. The van der Waals surface area contributed by atoms with E-state index in [0.29, 0.717) is 19.0 Å². The molecular weight excluding hydrogens is 272 g/mol. The van der Waals surface area contributed by atoms with Crippen LogP contribution in [-0.2, 0) is 4.79 Å². The molecular formula is C15H26N2O4. The van der Waals surface area contributed by atoms with E-state index >= 15 is 0 Å². The fourth-order valence-corrected chi connectivity index (χ4v) is 3.77. The number of amides is 2. The zero-order chi connectivity index (χ0) is 15.4. The van der Waals surface area contributed by atoms with Crippen molar-refractivity contribution in [3.8, 4) is 0 Å². The molecule has 2 amide bonds. The van der Waals surface area contributed by atoms with Crippen molar-refractivity contribution in [2.75, 3.05) is 26.2 Å². The Balaban J connectivity index is 2.10. The number of carboxylic acid groups (broad SMARTS) is 1. The van der Waals surface area contributed by atoms with Crippen molar-refractivity contribution in [1.82, 2.24) is 9.80 Å². The Labute approximate surface area is 125 Å². The van der Waals surface area contributed by atoms with Gasteiger partial charge in [0.25, 0.3) is 0 Å². The van der Waals surface area contributed by atoms with Gasteiger partial charge >= 0.3 is 12.0 Å². The van der Waals surface area contributed by atoms with Crippen molar-refractivity contribution in [1.29, 1.82) is 0 Å². The van der Waals surface area contributed by atoms with Crippen LogP contribution < -0.4 is 0 Å². The number of rotatable bonds is 6. The Morgan fingerprint density at radius 1 is 1.29 bits per heavy atom. The molecule has 1 saturated heterocycles. The van der Waals surface area contributed by atoms with Crippen LogP contribution in [0, 0.1) is 11.8 Å². The van der Waals surface area contributed by atoms with Gasteiger partial charge in [-0.2, -0.15) is 0 Å². The van der Waals surface area contributed by atoms with Crippen LogP contribution in [0.25, 0.3) is 0 Å². The lowest BCUT2D eigenvalue weighted by atomic mass is 9.94. The van der Waals surface area contributed by atoms with Gasteiger partial charge in [0, 0.05) is 19.6 Å². The van der Waals surface area contributed by atoms with E-state index in [9.17, 15) is 14.7 Å². The second-order valence-corrected chi connectivity index (χ2v) is 6.14. The predicted molar refractivity (Wildman–Crippen MR) is 77.9 cm³/mol. The van der Waals surface area contributed by atoms with E-state index in [4.69, 9.17) is 5.11 Å². The first-order valence-electron chi connectivity index (χ1n) is 7.99. The fraction of sp³-hybridized carbons (Fsp3) is 0.867. The van der Waals surface area contributed by atoms with E-state index in [0.717, 1.165) is 32.1 Å². The molecule has 1 aliphatic heterocycles. The molecule has 0 bridgehead atoms. The molecule has 120 valence electrons. The fourth-order valence-electron chi connectivity index (χ4n) is 3.77. The molecule has 1 aliphatic carbocycles. The number of nitrogens with zero attached hydrogens (tertiary/aromatic N) is 2. The highest BCUT2D eigenvalue weighted by Crippen LogP contribution is 2.42. The molecule has 0 aromatic carbocycles.